The average Bonchev–Trinajstić information content (AvgIpc) is 2.54. The highest BCUT2D eigenvalue weighted by Crippen LogP contribution is 2.18. The second kappa shape index (κ2) is 11.0. The van der Waals surface area contributed by atoms with E-state index in [-0.39, 0.29) is 18.6 Å². The van der Waals surface area contributed by atoms with Crippen molar-refractivity contribution in [2.45, 2.75) is 32.7 Å². The summed E-state index contributed by atoms with van der Waals surface area (Å²) in [4.78, 5) is 47.7. The number of piperidine rings is 1. The van der Waals surface area contributed by atoms with Gasteiger partial charge in [-0.2, -0.15) is 0 Å². The number of carbonyl (C=O) groups is 3. The molecule has 11 heteroatoms. The lowest BCUT2D eigenvalue weighted by Gasteiger charge is -2.32. The highest BCUT2D eigenvalue weighted by molar-refractivity contribution is 5.89. The van der Waals surface area contributed by atoms with Gasteiger partial charge < -0.3 is 25.3 Å². The van der Waals surface area contributed by atoms with Crippen molar-refractivity contribution in [3.05, 3.63) is 22.3 Å². The van der Waals surface area contributed by atoms with E-state index in [1.54, 1.807) is 13.8 Å². The SMILES string of the molecule is CN1CCC(NC(=O)C(C)(C)CO[N+](=O)[O-])CC1.O=C(O)C=CC(=O)O. The van der Waals surface area contributed by atoms with Crippen LogP contribution in [0.3, 0.4) is 0 Å². The van der Waals surface area contributed by atoms with Gasteiger partial charge in [0.1, 0.15) is 6.61 Å². The summed E-state index contributed by atoms with van der Waals surface area (Å²) < 4.78 is 0. The molecule has 0 aromatic rings. The fraction of sp³-hybridized carbons (Fsp3) is 0.667. The van der Waals surface area contributed by atoms with E-state index in [9.17, 15) is 24.5 Å². The number of rotatable bonds is 7. The van der Waals surface area contributed by atoms with Crippen molar-refractivity contribution in [3.63, 3.8) is 0 Å². The van der Waals surface area contributed by atoms with E-state index in [4.69, 9.17) is 10.2 Å². The average molecular weight is 375 g/mol. The summed E-state index contributed by atoms with van der Waals surface area (Å²) >= 11 is 0. The third-order valence-electron chi connectivity index (χ3n) is 3.57. The number of nitrogens with one attached hydrogen (secondary N) is 1. The molecule has 1 rings (SSSR count). The Morgan fingerprint density at radius 3 is 2.08 bits per heavy atom. The van der Waals surface area contributed by atoms with Gasteiger partial charge in [0.25, 0.3) is 5.09 Å². The summed E-state index contributed by atoms with van der Waals surface area (Å²) in [7, 11) is 2.05. The van der Waals surface area contributed by atoms with Crippen LogP contribution in [-0.2, 0) is 19.2 Å². The summed E-state index contributed by atoms with van der Waals surface area (Å²) in [6.07, 6.45) is 2.94. The number of carbonyl (C=O) groups excluding carboxylic acids is 1. The van der Waals surface area contributed by atoms with Gasteiger partial charge in [0, 0.05) is 18.2 Å². The number of amides is 1. The molecule has 1 saturated heterocycles. The van der Waals surface area contributed by atoms with Gasteiger partial charge in [-0.3, -0.25) is 4.79 Å². The smallest absolute Gasteiger partial charge is 0.328 e. The van der Waals surface area contributed by atoms with Crippen LogP contribution in [0.2, 0.25) is 0 Å². The maximum absolute atomic E-state index is 12.0. The lowest BCUT2D eigenvalue weighted by molar-refractivity contribution is -0.760. The molecule has 1 amide bonds. The van der Waals surface area contributed by atoms with Crippen LogP contribution in [0.25, 0.3) is 0 Å². The van der Waals surface area contributed by atoms with Crippen molar-refractivity contribution < 1.29 is 34.5 Å². The largest absolute Gasteiger partial charge is 0.478 e. The Morgan fingerprint density at radius 2 is 1.69 bits per heavy atom. The molecular formula is C15H25N3O8. The van der Waals surface area contributed by atoms with E-state index in [2.05, 4.69) is 15.1 Å². The molecule has 0 aromatic carbocycles. The van der Waals surface area contributed by atoms with E-state index in [1.807, 2.05) is 7.05 Å². The minimum absolute atomic E-state index is 0.156. The lowest BCUT2D eigenvalue weighted by atomic mass is 9.92. The van der Waals surface area contributed by atoms with Gasteiger partial charge >= 0.3 is 11.9 Å². The molecule has 0 radical (unpaired) electrons. The van der Waals surface area contributed by atoms with Crippen LogP contribution in [0.1, 0.15) is 26.7 Å². The number of nitrogens with zero attached hydrogens (tertiary/aromatic N) is 2. The molecule has 11 nitrogen and oxygen atoms in total. The lowest BCUT2D eigenvalue weighted by Crippen LogP contribution is -2.48. The monoisotopic (exact) mass is 375 g/mol. The van der Waals surface area contributed by atoms with E-state index in [1.165, 1.54) is 0 Å². The van der Waals surface area contributed by atoms with Crippen molar-refractivity contribution in [1.82, 2.24) is 10.2 Å². The molecule has 0 spiro atoms. The fourth-order valence-corrected chi connectivity index (χ4v) is 1.96. The summed E-state index contributed by atoms with van der Waals surface area (Å²) in [6, 6.07) is 0.156. The Labute approximate surface area is 150 Å². The first-order valence-electron chi connectivity index (χ1n) is 7.85. The first-order valence-corrected chi connectivity index (χ1v) is 7.85. The molecule has 3 N–H and O–H groups in total. The molecule has 1 fully saturated rings. The van der Waals surface area contributed by atoms with E-state index < -0.39 is 22.4 Å². The second-order valence-corrected chi connectivity index (χ2v) is 6.44. The van der Waals surface area contributed by atoms with Crippen molar-refractivity contribution >= 4 is 17.8 Å². The maximum Gasteiger partial charge on any atom is 0.328 e. The highest BCUT2D eigenvalue weighted by Gasteiger charge is 2.31. The van der Waals surface area contributed by atoms with Crippen LogP contribution in [-0.4, -0.2) is 70.8 Å². The second-order valence-electron chi connectivity index (χ2n) is 6.44. The Hall–Kier alpha value is -2.69. The van der Waals surface area contributed by atoms with Crippen LogP contribution in [0, 0.1) is 15.5 Å². The predicted molar refractivity (Wildman–Crippen MR) is 89.8 cm³/mol. The van der Waals surface area contributed by atoms with Crippen molar-refractivity contribution in [2.75, 3.05) is 26.7 Å². The number of carboxylic acids is 2. The molecule has 0 unspecified atom stereocenters. The molecule has 0 aliphatic carbocycles. The van der Waals surface area contributed by atoms with Crippen LogP contribution >= 0.6 is 0 Å². The van der Waals surface area contributed by atoms with Gasteiger partial charge in [-0.15, -0.1) is 10.1 Å². The van der Waals surface area contributed by atoms with Gasteiger partial charge in [-0.25, -0.2) is 9.59 Å². The number of aliphatic carboxylic acids is 2. The van der Waals surface area contributed by atoms with Crippen molar-refractivity contribution in [1.29, 1.82) is 0 Å². The zero-order valence-electron chi connectivity index (χ0n) is 15.0. The molecule has 1 aliphatic heterocycles. The molecule has 0 atom stereocenters. The number of hydrogen-bond donors (Lipinski definition) is 3. The minimum atomic E-state index is -1.26. The zero-order chi connectivity index (χ0) is 20.3. The molecule has 1 aliphatic rings. The first kappa shape index (κ1) is 23.3. The number of carboxylic acid groups (broad SMARTS) is 2. The molecule has 26 heavy (non-hydrogen) atoms. The third kappa shape index (κ3) is 11.0. The first-order chi connectivity index (χ1) is 11.9. The van der Waals surface area contributed by atoms with Crippen molar-refractivity contribution in [3.8, 4) is 0 Å². The topological polar surface area (TPSA) is 159 Å². The molecule has 0 saturated carbocycles. The summed E-state index contributed by atoms with van der Waals surface area (Å²) in [5, 5.41) is 27.8. The maximum atomic E-state index is 12.0. The molecule has 1 heterocycles. The Kier molecular flexibility index (Phi) is 9.89. The van der Waals surface area contributed by atoms with E-state index in [0.29, 0.717) is 12.2 Å². The minimum Gasteiger partial charge on any atom is -0.478 e. The summed E-state index contributed by atoms with van der Waals surface area (Å²) in [5.41, 5.74) is -0.892. The van der Waals surface area contributed by atoms with Gasteiger partial charge in [0.2, 0.25) is 5.91 Å². The van der Waals surface area contributed by atoms with Gasteiger partial charge in [-0.1, -0.05) is 0 Å². The van der Waals surface area contributed by atoms with Crippen LogP contribution in [0.15, 0.2) is 12.2 Å². The van der Waals surface area contributed by atoms with Gasteiger partial charge in [0.15, 0.2) is 0 Å². The Morgan fingerprint density at radius 1 is 1.23 bits per heavy atom. The number of hydrogen-bond acceptors (Lipinski definition) is 7. The quantitative estimate of drug-likeness (QED) is 0.319. The zero-order valence-corrected chi connectivity index (χ0v) is 15.0. The molecule has 0 bridgehead atoms. The van der Waals surface area contributed by atoms with E-state index in [0.717, 1.165) is 25.9 Å². The van der Waals surface area contributed by atoms with Gasteiger partial charge in [-0.05, 0) is 46.8 Å². The standard InChI is InChI=1S/C11H21N3O4.C4H4O4/c1-11(2,8-18-14(16)17)10(15)12-9-4-6-13(3)7-5-9;5-3(6)1-2-4(7)8/h9H,4-8H2,1-3H3,(H,12,15);1-2H,(H,5,6)(H,7,8). The summed E-state index contributed by atoms with van der Waals surface area (Å²) in [5.74, 6) is -2.71. The number of likely N-dealkylation sites (tertiary alicyclic amines) is 1. The van der Waals surface area contributed by atoms with E-state index >= 15 is 0 Å². The highest BCUT2D eigenvalue weighted by atomic mass is 16.9. The molecular weight excluding hydrogens is 350 g/mol. The summed E-state index contributed by atoms with van der Waals surface area (Å²) in [6.45, 7) is 4.97. The fourth-order valence-electron chi connectivity index (χ4n) is 1.96. The Balaban J connectivity index is 0.000000660. The predicted octanol–water partition coefficient (Wildman–Crippen LogP) is 0.143. The normalized spacial score (nSPS) is 15.7. The van der Waals surface area contributed by atoms with Crippen LogP contribution in [0.4, 0.5) is 0 Å². The Bertz CT molecular complexity index is 523. The van der Waals surface area contributed by atoms with Crippen LogP contribution < -0.4 is 5.32 Å². The van der Waals surface area contributed by atoms with Crippen molar-refractivity contribution in [2.24, 2.45) is 5.41 Å². The molecule has 0 aromatic heterocycles. The third-order valence-corrected chi connectivity index (χ3v) is 3.57. The van der Waals surface area contributed by atoms with Gasteiger partial charge in [0.05, 0.1) is 5.41 Å². The molecule has 148 valence electrons. The van der Waals surface area contributed by atoms with Crippen LogP contribution in [0.5, 0.6) is 0 Å².